The molecular weight excluding hydrogens is 250 g/mol. The smallest absolute Gasteiger partial charge is 0.305 e. The molecule has 2 aromatic heterocycles. The molecule has 0 aliphatic rings. The maximum atomic E-state index is 10.4. The zero-order chi connectivity index (χ0) is 13.0. The lowest BCUT2D eigenvalue weighted by Crippen LogP contribution is -2.08. The van der Waals surface area contributed by atoms with E-state index >= 15 is 0 Å². The van der Waals surface area contributed by atoms with Crippen LogP contribution in [0.1, 0.15) is 12.0 Å². The van der Waals surface area contributed by atoms with Crippen LogP contribution in [-0.4, -0.2) is 27.8 Å². The van der Waals surface area contributed by atoms with E-state index in [0.29, 0.717) is 12.4 Å². The lowest BCUT2D eigenvalue weighted by molar-refractivity contribution is -0.136. The van der Waals surface area contributed by atoms with Crippen molar-refractivity contribution < 1.29 is 9.90 Å². The predicted octanol–water partition coefficient (Wildman–Crippen LogP) is 2.40. The van der Waals surface area contributed by atoms with Gasteiger partial charge >= 0.3 is 5.97 Å². The number of aryl methyl sites for hydroxylation is 1. The Kier molecular flexibility index (Phi) is 3.88. The Morgan fingerprint density at radius 2 is 2.22 bits per heavy atom. The van der Waals surface area contributed by atoms with Crippen LogP contribution in [-0.2, 0) is 4.79 Å². The van der Waals surface area contributed by atoms with E-state index in [9.17, 15) is 4.79 Å². The standard InChI is InChI=1S/C12H13N3O2S/c1-8-5-7-18-12(8)9-2-3-10(15-14-9)13-6-4-11(16)17/h2-3,5,7H,4,6H2,1H3,(H,13,15)(H,16,17). The Hall–Kier alpha value is -1.95. The van der Waals surface area contributed by atoms with Crippen LogP contribution >= 0.6 is 11.3 Å². The Morgan fingerprint density at radius 1 is 1.39 bits per heavy atom. The van der Waals surface area contributed by atoms with E-state index in [0.717, 1.165) is 10.6 Å². The first-order valence-electron chi connectivity index (χ1n) is 5.50. The van der Waals surface area contributed by atoms with Crippen LogP contribution in [0.2, 0.25) is 0 Å². The summed E-state index contributed by atoms with van der Waals surface area (Å²) in [5.41, 5.74) is 2.02. The largest absolute Gasteiger partial charge is 0.481 e. The number of anilines is 1. The third-order valence-electron chi connectivity index (χ3n) is 2.40. The summed E-state index contributed by atoms with van der Waals surface area (Å²) in [7, 11) is 0. The number of carboxylic acid groups (broad SMARTS) is 1. The zero-order valence-corrected chi connectivity index (χ0v) is 10.7. The normalized spacial score (nSPS) is 10.3. The molecule has 5 nitrogen and oxygen atoms in total. The Balaban J connectivity index is 2.02. The number of carbonyl (C=O) groups is 1. The number of aliphatic carboxylic acids is 1. The van der Waals surface area contributed by atoms with Gasteiger partial charge in [0.05, 0.1) is 11.3 Å². The monoisotopic (exact) mass is 263 g/mol. The van der Waals surface area contributed by atoms with Gasteiger partial charge in [0.25, 0.3) is 0 Å². The number of aromatic nitrogens is 2. The van der Waals surface area contributed by atoms with Gasteiger partial charge in [0, 0.05) is 6.54 Å². The molecule has 2 N–H and O–H groups in total. The summed E-state index contributed by atoms with van der Waals surface area (Å²) in [6, 6.07) is 5.74. The molecule has 0 amide bonds. The summed E-state index contributed by atoms with van der Waals surface area (Å²) in [5.74, 6) is -0.240. The summed E-state index contributed by atoms with van der Waals surface area (Å²) < 4.78 is 0. The summed E-state index contributed by atoms with van der Waals surface area (Å²) in [5, 5.41) is 21.6. The van der Waals surface area contributed by atoms with Gasteiger partial charge in [0.15, 0.2) is 0 Å². The van der Waals surface area contributed by atoms with Crippen molar-refractivity contribution in [3.63, 3.8) is 0 Å². The van der Waals surface area contributed by atoms with Crippen molar-refractivity contribution >= 4 is 23.1 Å². The van der Waals surface area contributed by atoms with Gasteiger partial charge in [0.2, 0.25) is 0 Å². The number of rotatable bonds is 5. The van der Waals surface area contributed by atoms with Crippen molar-refractivity contribution in [2.45, 2.75) is 13.3 Å². The summed E-state index contributed by atoms with van der Waals surface area (Å²) in [4.78, 5) is 11.5. The molecule has 0 saturated heterocycles. The Labute approximate surface area is 109 Å². The SMILES string of the molecule is Cc1ccsc1-c1ccc(NCCC(=O)O)nn1. The average molecular weight is 263 g/mol. The highest BCUT2D eigenvalue weighted by atomic mass is 32.1. The minimum absolute atomic E-state index is 0.0630. The second-order valence-corrected chi connectivity index (χ2v) is 4.72. The van der Waals surface area contributed by atoms with Gasteiger partial charge in [-0.15, -0.1) is 21.5 Å². The second kappa shape index (κ2) is 5.59. The number of nitrogens with one attached hydrogen (secondary N) is 1. The quantitative estimate of drug-likeness (QED) is 0.866. The van der Waals surface area contributed by atoms with Gasteiger partial charge in [-0.25, -0.2) is 0 Å². The molecule has 0 saturated carbocycles. The summed E-state index contributed by atoms with van der Waals surface area (Å²) >= 11 is 1.63. The minimum atomic E-state index is -0.832. The van der Waals surface area contributed by atoms with Crippen molar-refractivity contribution in [2.75, 3.05) is 11.9 Å². The van der Waals surface area contributed by atoms with Crippen LogP contribution in [0.25, 0.3) is 10.6 Å². The molecule has 0 bridgehead atoms. The molecule has 0 atom stereocenters. The van der Waals surface area contributed by atoms with Gasteiger partial charge < -0.3 is 10.4 Å². The van der Waals surface area contributed by atoms with Gasteiger partial charge in [0.1, 0.15) is 11.5 Å². The predicted molar refractivity (Wildman–Crippen MR) is 70.8 cm³/mol. The molecule has 6 heteroatoms. The fourth-order valence-corrected chi connectivity index (χ4v) is 2.37. The van der Waals surface area contributed by atoms with Gasteiger partial charge in [-0.3, -0.25) is 4.79 Å². The lowest BCUT2D eigenvalue weighted by Gasteiger charge is -2.03. The van der Waals surface area contributed by atoms with E-state index in [1.54, 1.807) is 11.3 Å². The zero-order valence-electron chi connectivity index (χ0n) is 9.88. The van der Waals surface area contributed by atoms with Crippen molar-refractivity contribution in [2.24, 2.45) is 0 Å². The number of nitrogens with zero attached hydrogens (tertiary/aromatic N) is 2. The number of carboxylic acids is 1. The molecular formula is C12H13N3O2S. The van der Waals surface area contributed by atoms with Crippen LogP contribution in [0.3, 0.4) is 0 Å². The molecule has 2 rings (SSSR count). The molecule has 0 radical (unpaired) electrons. The van der Waals surface area contributed by atoms with Crippen molar-refractivity contribution in [3.05, 3.63) is 29.1 Å². The molecule has 0 unspecified atom stereocenters. The van der Waals surface area contributed by atoms with Crippen LogP contribution < -0.4 is 5.32 Å². The Morgan fingerprint density at radius 3 is 2.78 bits per heavy atom. The first-order chi connectivity index (χ1) is 8.66. The second-order valence-electron chi connectivity index (χ2n) is 3.81. The topological polar surface area (TPSA) is 75.1 Å². The van der Waals surface area contributed by atoms with Crippen molar-refractivity contribution in [1.29, 1.82) is 0 Å². The summed E-state index contributed by atoms with van der Waals surface area (Å²) in [6.07, 6.45) is 0.0630. The molecule has 0 aliphatic carbocycles. The van der Waals surface area contributed by atoms with E-state index in [1.807, 2.05) is 30.5 Å². The number of hydrogen-bond donors (Lipinski definition) is 2. The van der Waals surface area contributed by atoms with Crippen LogP contribution in [0.4, 0.5) is 5.82 Å². The van der Waals surface area contributed by atoms with Crippen molar-refractivity contribution in [1.82, 2.24) is 10.2 Å². The maximum Gasteiger partial charge on any atom is 0.305 e. The summed E-state index contributed by atoms with van der Waals surface area (Å²) in [6.45, 7) is 2.38. The van der Waals surface area contributed by atoms with E-state index in [-0.39, 0.29) is 6.42 Å². The third-order valence-corrected chi connectivity index (χ3v) is 3.44. The Bertz CT molecular complexity index is 537. The highest BCUT2D eigenvalue weighted by molar-refractivity contribution is 7.13. The minimum Gasteiger partial charge on any atom is -0.481 e. The highest BCUT2D eigenvalue weighted by Crippen LogP contribution is 2.26. The molecule has 18 heavy (non-hydrogen) atoms. The van der Waals surface area contributed by atoms with E-state index < -0.39 is 5.97 Å². The molecule has 0 spiro atoms. The molecule has 0 fully saturated rings. The lowest BCUT2D eigenvalue weighted by atomic mass is 10.2. The first-order valence-corrected chi connectivity index (χ1v) is 6.38. The fourth-order valence-electron chi connectivity index (χ4n) is 1.48. The van der Waals surface area contributed by atoms with E-state index in [1.165, 1.54) is 5.56 Å². The van der Waals surface area contributed by atoms with Crippen LogP contribution in [0.15, 0.2) is 23.6 Å². The molecule has 0 aliphatic heterocycles. The van der Waals surface area contributed by atoms with Crippen LogP contribution in [0.5, 0.6) is 0 Å². The average Bonchev–Trinajstić information content (AvgIpc) is 2.76. The molecule has 0 aromatic carbocycles. The maximum absolute atomic E-state index is 10.4. The van der Waals surface area contributed by atoms with E-state index in [4.69, 9.17) is 5.11 Å². The third kappa shape index (κ3) is 3.04. The van der Waals surface area contributed by atoms with Crippen molar-refractivity contribution in [3.8, 4) is 10.6 Å². The van der Waals surface area contributed by atoms with Crippen LogP contribution in [0, 0.1) is 6.92 Å². The molecule has 2 heterocycles. The fraction of sp³-hybridized carbons (Fsp3) is 0.250. The number of thiophene rings is 1. The molecule has 2 aromatic rings. The van der Waals surface area contributed by atoms with Gasteiger partial charge in [-0.2, -0.15) is 0 Å². The highest BCUT2D eigenvalue weighted by Gasteiger charge is 2.05. The van der Waals surface area contributed by atoms with Gasteiger partial charge in [-0.1, -0.05) is 0 Å². The number of hydrogen-bond acceptors (Lipinski definition) is 5. The van der Waals surface area contributed by atoms with Gasteiger partial charge in [-0.05, 0) is 36.1 Å². The molecule has 94 valence electrons. The first kappa shape index (κ1) is 12.5. The van der Waals surface area contributed by atoms with E-state index in [2.05, 4.69) is 15.5 Å².